The maximum atomic E-state index is 11.8. The molecule has 0 radical (unpaired) electrons. The van der Waals surface area contributed by atoms with Crippen LogP contribution >= 0.6 is 0 Å². The van der Waals surface area contributed by atoms with E-state index in [9.17, 15) is 9.90 Å². The molecule has 0 saturated heterocycles. The van der Waals surface area contributed by atoms with E-state index in [2.05, 4.69) is 0 Å². The summed E-state index contributed by atoms with van der Waals surface area (Å²) >= 11 is 0. The van der Waals surface area contributed by atoms with Crippen molar-refractivity contribution < 1.29 is 28.8 Å². The lowest BCUT2D eigenvalue weighted by molar-refractivity contribution is -0.130. The van der Waals surface area contributed by atoms with Crippen molar-refractivity contribution in [2.75, 3.05) is 28.4 Å². The molecule has 0 bridgehead atoms. The lowest BCUT2D eigenvalue weighted by atomic mass is 10.0. The van der Waals surface area contributed by atoms with Gasteiger partial charge in [-0.15, -0.1) is 0 Å². The Morgan fingerprint density at radius 3 is 2.08 bits per heavy atom. The summed E-state index contributed by atoms with van der Waals surface area (Å²) in [7, 11) is 6.06. The Balaban J connectivity index is 2.62. The predicted molar refractivity (Wildman–Crippen MR) is 94.6 cm³/mol. The molecule has 2 aromatic carbocycles. The van der Waals surface area contributed by atoms with Crippen molar-refractivity contribution in [1.82, 2.24) is 0 Å². The molecule has 2 aromatic rings. The molecule has 0 atom stereocenters. The fraction of sp³-hybridized carbons (Fsp3) is 0.211. The third-order valence-corrected chi connectivity index (χ3v) is 3.65. The zero-order chi connectivity index (χ0) is 18.4. The van der Waals surface area contributed by atoms with Crippen molar-refractivity contribution in [1.29, 1.82) is 0 Å². The van der Waals surface area contributed by atoms with Crippen LogP contribution in [0.5, 0.6) is 23.0 Å². The van der Waals surface area contributed by atoms with E-state index in [0.29, 0.717) is 34.1 Å². The normalized spacial score (nSPS) is 11.0. The third-order valence-electron chi connectivity index (χ3n) is 3.65. The summed E-state index contributed by atoms with van der Waals surface area (Å²) in [6.45, 7) is 0. The van der Waals surface area contributed by atoms with E-state index in [4.69, 9.17) is 18.9 Å². The van der Waals surface area contributed by atoms with E-state index in [1.54, 1.807) is 36.4 Å². The summed E-state index contributed by atoms with van der Waals surface area (Å²) in [6, 6.07) is 10.2. The number of carboxylic acids is 1. The smallest absolute Gasteiger partial charge is 0.336 e. The standard InChI is InChI=1S/C19H20O6/c1-22-14-7-5-6-12(8-14)15(19(20)21)9-13-10-17(24-3)18(25-4)11-16(13)23-2/h5-11H,1-4H3,(H,20,21)/b15-9-. The molecule has 0 spiro atoms. The molecule has 0 aromatic heterocycles. The summed E-state index contributed by atoms with van der Waals surface area (Å²) < 4.78 is 21.0. The highest BCUT2D eigenvalue weighted by molar-refractivity contribution is 6.21. The Labute approximate surface area is 146 Å². The van der Waals surface area contributed by atoms with Crippen LogP contribution in [0.15, 0.2) is 36.4 Å². The van der Waals surface area contributed by atoms with Crippen LogP contribution in [-0.2, 0) is 4.79 Å². The van der Waals surface area contributed by atoms with Crippen LogP contribution in [0.2, 0.25) is 0 Å². The molecule has 0 heterocycles. The van der Waals surface area contributed by atoms with Crippen LogP contribution in [-0.4, -0.2) is 39.5 Å². The Kier molecular flexibility index (Phi) is 5.89. The van der Waals surface area contributed by atoms with Crippen molar-refractivity contribution >= 4 is 17.6 Å². The largest absolute Gasteiger partial charge is 0.497 e. The minimum atomic E-state index is -1.06. The molecule has 0 amide bonds. The van der Waals surface area contributed by atoms with Gasteiger partial charge in [-0.05, 0) is 29.8 Å². The number of hydrogen-bond donors (Lipinski definition) is 1. The van der Waals surface area contributed by atoms with Gasteiger partial charge in [0, 0.05) is 11.6 Å². The molecule has 0 saturated carbocycles. The van der Waals surface area contributed by atoms with Crippen molar-refractivity contribution in [3.63, 3.8) is 0 Å². The van der Waals surface area contributed by atoms with Crippen LogP contribution in [0.25, 0.3) is 11.6 Å². The Bertz CT molecular complexity index is 794. The van der Waals surface area contributed by atoms with Gasteiger partial charge in [-0.25, -0.2) is 4.79 Å². The molecule has 132 valence electrons. The van der Waals surface area contributed by atoms with Gasteiger partial charge >= 0.3 is 5.97 Å². The maximum Gasteiger partial charge on any atom is 0.336 e. The Hall–Kier alpha value is -3.15. The molecule has 1 N–H and O–H groups in total. The number of ether oxygens (including phenoxy) is 4. The molecule has 2 rings (SSSR count). The van der Waals surface area contributed by atoms with Gasteiger partial charge in [0.05, 0.1) is 34.0 Å². The van der Waals surface area contributed by atoms with E-state index in [1.165, 1.54) is 34.5 Å². The number of carboxylic acid groups (broad SMARTS) is 1. The average Bonchev–Trinajstić information content (AvgIpc) is 2.65. The zero-order valence-electron chi connectivity index (χ0n) is 14.5. The summed E-state index contributed by atoms with van der Waals surface area (Å²) in [4.78, 5) is 11.8. The summed E-state index contributed by atoms with van der Waals surface area (Å²) in [5.41, 5.74) is 1.17. The van der Waals surface area contributed by atoms with Gasteiger partial charge in [-0.2, -0.15) is 0 Å². The minimum absolute atomic E-state index is 0.101. The predicted octanol–water partition coefficient (Wildman–Crippen LogP) is 3.35. The number of carbonyl (C=O) groups is 1. The molecule has 0 aliphatic carbocycles. The number of rotatable bonds is 7. The first kappa shape index (κ1) is 18.2. The third kappa shape index (κ3) is 4.03. The molecule has 0 unspecified atom stereocenters. The topological polar surface area (TPSA) is 74.2 Å². The van der Waals surface area contributed by atoms with Crippen molar-refractivity contribution in [3.05, 3.63) is 47.5 Å². The summed E-state index contributed by atoms with van der Waals surface area (Å²) in [5.74, 6) is 0.952. The first-order valence-corrected chi connectivity index (χ1v) is 7.43. The lowest BCUT2D eigenvalue weighted by Gasteiger charge is -2.13. The molecular weight excluding hydrogens is 324 g/mol. The lowest BCUT2D eigenvalue weighted by Crippen LogP contribution is -2.01. The average molecular weight is 344 g/mol. The van der Waals surface area contributed by atoms with E-state index >= 15 is 0 Å². The molecule has 0 fully saturated rings. The SMILES string of the molecule is COc1cccc(/C(=C/c2cc(OC)c(OC)cc2OC)C(=O)O)c1. The highest BCUT2D eigenvalue weighted by atomic mass is 16.5. The fourth-order valence-corrected chi connectivity index (χ4v) is 2.38. The van der Waals surface area contributed by atoms with Gasteiger partial charge in [0.15, 0.2) is 11.5 Å². The molecule has 0 aliphatic heterocycles. The Morgan fingerprint density at radius 1 is 0.880 bits per heavy atom. The quantitative estimate of drug-likeness (QED) is 0.613. The van der Waals surface area contributed by atoms with E-state index in [-0.39, 0.29) is 5.57 Å². The minimum Gasteiger partial charge on any atom is -0.497 e. The first-order valence-electron chi connectivity index (χ1n) is 7.43. The number of hydrogen-bond acceptors (Lipinski definition) is 5. The number of aliphatic carboxylic acids is 1. The van der Waals surface area contributed by atoms with Gasteiger partial charge in [-0.1, -0.05) is 12.1 Å². The van der Waals surface area contributed by atoms with Crippen LogP contribution in [0.3, 0.4) is 0 Å². The van der Waals surface area contributed by atoms with Gasteiger partial charge in [0.1, 0.15) is 11.5 Å². The highest BCUT2D eigenvalue weighted by Gasteiger charge is 2.15. The van der Waals surface area contributed by atoms with Gasteiger partial charge in [-0.3, -0.25) is 0 Å². The van der Waals surface area contributed by atoms with Crippen LogP contribution in [0, 0.1) is 0 Å². The van der Waals surface area contributed by atoms with Gasteiger partial charge < -0.3 is 24.1 Å². The molecule has 25 heavy (non-hydrogen) atoms. The van der Waals surface area contributed by atoms with Crippen molar-refractivity contribution in [3.8, 4) is 23.0 Å². The second kappa shape index (κ2) is 8.10. The first-order chi connectivity index (χ1) is 12.0. The van der Waals surface area contributed by atoms with Crippen LogP contribution in [0.4, 0.5) is 0 Å². The zero-order valence-corrected chi connectivity index (χ0v) is 14.5. The van der Waals surface area contributed by atoms with Crippen LogP contribution < -0.4 is 18.9 Å². The van der Waals surface area contributed by atoms with E-state index < -0.39 is 5.97 Å². The highest BCUT2D eigenvalue weighted by Crippen LogP contribution is 2.36. The molecule has 0 aliphatic rings. The van der Waals surface area contributed by atoms with Gasteiger partial charge in [0.2, 0.25) is 0 Å². The van der Waals surface area contributed by atoms with Crippen molar-refractivity contribution in [2.45, 2.75) is 0 Å². The second-order valence-electron chi connectivity index (χ2n) is 5.04. The molecule has 6 heteroatoms. The Morgan fingerprint density at radius 2 is 1.52 bits per heavy atom. The van der Waals surface area contributed by atoms with Crippen molar-refractivity contribution in [2.24, 2.45) is 0 Å². The number of methoxy groups -OCH3 is 4. The monoisotopic (exact) mass is 344 g/mol. The van der Waals surface area contributed by atoms with Gasteiger partial charge in [0.25, 0.3) is 0 Å². The fourth-order valence-electron chi connectivity index (χ4n) is 2.38. The maximum absolute atomic E-state index is 11.8. The molecular formula is C19H20O6. The van der Waals surface area contributed by atoms with E-state index in [0.717, 1.165) is 0 Å². The second-order valence-corrected chi connectivity index (χ2v) is 5.04. The number of benzene rings is 2. The summed E-state index contributed by atoms with van der Waals surface area (Å²) in [5, 5.41) is 9.64. The molecule has 6 nitrogen and oxygen atoms in total. The van der Waals surface area contributed by atoms with Crippen LogP contribution in [0.1, 0.15) is 11.1 Å². The van der Waals surface area contributed by atoms with E-state index in [1.807, 2.05) is 0 Å². The summed E-state index contributed by atoms with van der Waals surface area (Å²) in [6.07, 6.45) is 1.53.